The Morgan fingerprint density at radius 3 is 2.48 bits per heavy atom. The lowest BCUT2D eigenvalue weighted by Gasteiger charge is -2.33. The Labute approximate surface area is 182 Å². The molecule has 2 aliphatic heterocycles. The number of ether oxygens (including phenoxy) is 2. The largest absolute Gasteiger partial charge is 0.490 e. The molecule has 2 amide bonds. The molecular weight excluding hydrogens is 394 g/mol. The molecule has 4 rings (SSSR count). The van der Waals surface area contributed by atoms with Gasteiger partial charge in [0.2, 0.25) is 0 Å². The molecule has 1 saturated heterocycles. The molecule has 2 aromatic carbocycles. The third-order valence-corrected chi connectivity index (χ3v) is 5.50. The molecule has 2 heterocycles. The topological polar surface area (TPSA) is 85.1 Å². The number of anilines is 2. The number of carbonyl (C=O) groups is 2. The average molecular weight is 424 g/mol. The third-order valence-electron chi connectivity index (χ3n) is 5.50. The zero-order chi connectivity index (χ0) is 22.2. The normalized spacial score (nSPS) is 16.9. The number of carbonyl (C=O) groups excluding carboxylic acids is 2. The molecular formula is C24H29N3O4. The van der Waals surface area contributed by atoms with Gasteiger partial charge in [0.05, 0.1) is 12.1 Å². The number of hydrogen-bond acceptors (Lipinski definition) is 5. The predicted octanol–water partition coefficient (Wildman–Crippen LogP) is 4.21. The molecule has 2 N–H and O–H groups in total. The van der Waals surface area contributed by atoms with Crippen LogP contribution in [0.15, 0.2) is 42.5 Å². The average Bonchev–Trinajstić information content (AvgIpc) is 3.05. The van der Waals surface area contributed by atoms with Gasteiger partial charge in [-0.3, -0.25) is 4.79 Å². The molecule has 2 aliphatic rings. The van der Waals surface area contributed by atoms with Crippen LogP contribution in [0, 0.1) is 0 Å². The van der Waals surface area contributed by atoms with Gasteiger partial charge in [-0.15, -0.1) is 0 Å². The van der Waals surface area contributed by atoms with E-state index in [-0.39, 0.29) is 18.1 Å². The van der Waals surface area contributed by atoms with Crippen LogP contribution < -0.4 is 15.4 Å². The number of benzene rings is 2. The summed E-state index contributed by atoms with van der Waals surface area (Å²) in [6.45, 7) is 7.29. The SMILES string of the molecule is CC(C)(C)OC(=O)N1CCC(Oc2cccc(N3Cc4cccc(N)c4C3=O)c2)CC1. The van der Waals surface area contributed by atoms with Gasteiger partial charge in [0.25, 0.3) is 5.91 Å². The predicted molar refractivity (Wildman–Crippen MR) is 119 cm³/mol. The summed E-state index contributed by atoms with van der Waals surface area (Å²) < 4.78 is 11.6. The van der Waals surface area contributed by atoms with Crippen LogP contribution in [0.2, 0.25) is 0 Å². The maximum atomic E-state index is 12.9. The molecule has 0 aromatic heterocycles. The second-order valence-corrected chi connectivity index (χ2v) is 9.05. The van der Waals surface area contributed by atoms with Crippen LogP contribution >= 0.6 is 0 Å². The van der Waals surface area contributed by atoms with Gasteiger partial charge in [0.15, 0.2) is 0 Å². The smallest absolute Gasteiger partial charge is 0.410 e. The zero-order valence-corrected chi connectivity index (χ0v) is 18.3. The van der Waals surface area contributed by atoms with Crippen molar-refractivity contribution >= 4 is 23.4 Å². The van der Waals surface area contributed by atoms with Gasteiger partial charge in [-0.25, -0.2) is 4.79 Å². The van der Waals surface area contributed by atoms with Crippen molar-refractivity contribution in [1.82, 2.24) is 4.90 Å². The summed E-state index contributed by atoms with van der Waals surface area (Å²) in [7, 11) is 0. The van der Waals surface area contributed by atoms with E-state index in [0.29, 0.717) is 36.6 Å². The molecule has 0 radical (unpaired) electrons. The minimum Gasteiger partial charge on any atom is -0.490 e. The molecule has 2 aromatic rings. The van der Waals surface area contributed by atoms with Crippen molar-refractivity contribution in [3.8, 4) is 5.75 Å². The molecule has 0 unspecified atom stereocenters. The van der Waals surface area contributed by atoms with E-state index in [1.807, 2.05) is 57.2 Å². The van der Waals surface area contributed by atoms with Gasteiger partial charge in [-0.2, -0.15) is 0 Å². The monoisotopic (exact) mass is 423 g/mol. The summed E-state index contributed by atoms with van der Waals surface area (Å²) in [5, 5.41) is 0. The summed E-state index contributed by atoms with van der Waals surface area (Å²) in [6.07, 6.45) is 1.19. The highest BCUT2D eigenvalue weighted by atomic mass is 16.6. The van der Waals surface area contributed by atoms with Gasteiger partial charge < -0.3 is 25.0 Å². The summed E-state index contributed by atoms with van der Waals surface area (Å²) in [4.78, 5) is 28.6. The molecule has 31 heavy (non-hydrogen) atoms. The number of likely N-dealkylation sites (tertiary alicyclic amines) is 1. The number of nitrogen functional groups attached to an aromatic ring is 1. The van der Waals surface area contributed by atoms with Crippen LogP contribution in [0.5, 0.6) is 5.75 Å². The van der Waals surface area contributed by atoms with E-state index >= 15 is 0 Å². The zero-order valence-electron chi connectivity index (χ0n) is 18.3. The molecule has 0 saturated carbocycles. The van der Waals surface area contributed by atoms with E-state index in [4.69, 9.17) is 15.2 Å². The highest BCUT2D eigenvalue weighted by Crippen LogP contribution is 2.33. The van der Waals surface area contributed by atoms with Crippen molar-refractivity contribution < 1.29 is 19.1 Å². The number of nitrogens with two attached hydrogens (primary N) is 1. The van der Waals surface area contributed by atoms with Crippen LogP contribution in [0.25, 0.3) is 0 Å². The van der Waals surface area contributed by atoms with Crippen LogP contribution in [0.4, 0.5) is 16.2 Å². The van der Waals surface area contributed by atoms with Crippen molar-refractivity contribution in [3.63, 3.8) is 0 Å². The molecule has 164 valence electrons. The first-order valence-corrected chi connectivity index (χ1v) is 10.6. The fourth-order valence-electron chi connectivity index (χ4n) is 4.00. The van der Waals surface area contributed by atoms with E-state index in [1.165, 1.54) is 0 Å². The van der Waals surface area contributed by atoms with Crippen LogP contribution in [-0.2, 0) is 11.3 Å². The van der Waals surface area contributed by atoms with Crippen molar-refractivity contribution in [1.29, 1.82) is 0 Å². The first-order valence-electron chi connectivity index (χ1n) is 10.6. The standard InChI is InChI=1S/C24H29N3O4/c1-24(2,3)31-23(29)26-12-10-18(11-13-26)30-19-8-5-7-17(14-19)27-15-16-6-4-9-20(25)21(16)22(27)28/h4-9,14,18H,10-13,15,25H2,1-3H3. The molecule has 0 spiro atoms. The lowest BCUT2D eigenvalue weighted by atomic mass is 10.1. The first-order chi connectivity index (χ1) is 14.7. The minimum atomic E-state index is -0.498. The second-order valence-electron chi connectivity index (χ2n) is 9.05. The highest BCUT2D eigenvalue weighted by molar-refractivity contribution is 6.13. The Morgan fingerprint density at radius 2 is 1.81 bits per heavy atom. The maximum absolute atomic E-state index is 12.9. The molecule has 7 heteroatoms. The van der Waals surface area contributed by atoms with Gasteiger partial charge in [0, 0.05) is 43.4 Å². The number of rotatable bonds is 3. The van der Waals surface area contributed by atoms with Crippen molar-refractivity contribution in [2.24, 2.45) is 0 Å². The van der Waals surface area contributed by atoms with E-state index in [0.717, 1.165) is 24.1 Å². The summed E-state index contributed by atoms with van der Waals surface area (Å²) in [5.74, 6) is 0.626. The summed E-state index contributed by atoms with van der Waals surface area (Å²) in [5.41, 5.74) is 8.33. The maximum Gasteiger partial charge on any atom is 0.410 e. The van der Waals surface area contributed by atoms with E-state index < -0.39 is 5.60 Å². The van der Waals surface area contributed by atoms with Crippen LogP contribution in [0.3, 0.4) is 0 Å². The third kappa shape index (κ3) is 4.60. The van der Waals surface area contributed by atoms with Gasteiger partial charge in [-0.1, -0.05) is 18.2 Å². The number of nitrogens with zero attached hydrogens (tertiary/aromatic N) is 2. The molecule has 7 nitrogen and oxygen atoms in total. The van der Waals surface area contributed by atoms with E-state index in [9.17, 15) is 9.59 Å². The van der Waals surface area contributed by atoms with Crippen molar-refractivity contribution in [2.75, 3.05) is 23.7 Å². The van der Waals surface area contributed by atoms with E-state index in [2.05, 4.69) is 0 Å². The van der Waals surface area contributed by atoms with Crippen molar-refractivity contribution in [2.45, 2.75) is 51.9 Å². The van der Waals surface area contributed by atoms with Crippen LogP contribution in [-0.4, -0.2) is 41.7 Å². The first kappa shape index (κ1) is 21.0. The Hall–Kier alpha value is -3.22. The van der Waals surface area contributed by atoms with E-state index in [1.54, 1.807) is 15.9 Å². The Kier molecular flexibility index (Phi) is 5.52. The van der Waals surface area contributed by atoms with Gasteiger partial charge in [0.1, 0.15) is 17.5 Å². The summed E-state index contributed by atoms with van der Waals surface area (Å²) in [6, 6.07) is 13.1. The number of hydrogen-bond donors (Lipinski definition) is 1. The molecule has 0 aliphatic carbocycles. The fourth-order valence-corrected chi connectivity index (χ4v) is 4.00. The van der Waals surface area contributed by atoms with Gasteiger partial charge in [-0.05, 0) is 44.5 Å². The minimum absolute atomic E-state index is 0.0102. The number of fused-ring (bicyclic) bond motifs is 1. The lowest BCUT2D eigenvalue weighted by Crippen LogP contribution is -2.44. The molecule has 0 bridgehead atoms. The Balaban J connectivity index is 1.38. The molecule has 0 atom stereocenters. The second kappa shape index (κ2) is 8.13. The number of piperidine rings is 1. The summed E-state index contributed by atoms with van der Waals surface area (Å²) >= 11 is 0. The molecule has 1 fully saturated rings. The fraction of sp³-hybridized carbons (Fsp3) is 0.417. The quantitative estimate of drug-likeness (QED) is 0.748. The lowest BCUT2D eigenvalue weighted by molar-refractivity contribution is 0.0126. The number of amides is 2. The Morgan fingerprint density at radius 1 is 1.10 bits per heavy atom. The van der Waals surface area contributed by atoms with Gasteiger partial charge >= 0.3 is 6.09 Å². The van der Waals surface area contributed by atoms with Crippen LogP contribution in [0.1, 0.15) is 49.5 Å². The highest BCUT2D eigenvalue weighted by Gasteiger charge is 2.31. The van der Waals surface area contributed by atoms with Crippen molar-refractivity contribution in [3.05, 3.63) is 53.6 Å². The Bertz CT molecular complexity index is 991.